The molecule has 18 heavy (non-hydrogen) atoms. The van der Waals surface area contributed by atoms with Gasteiger partial charge >= 0.3 is 0 Å². The molecule has 1 spiro atoms. The van der Waals surface area contributed by atoms with E-state index in [4.69, 9.17) is 9.47 Å². The highest BCUT2D eigenvalue weighted by atomic mass is 16.7. The van der Waals surface area contributed by atoms with E-state index in [0.717, 1.165) is 58.3 Å². The van der Waals surface area contributed by atoms with Crippen molar-refractivity contribution in [2.24, 2.45) is 5.92 Å². The molecule has 0 bridgehead atoms. The highest BCUT2D eigenvalue weighted by Crippen LogP contribution is 2.36. The maximum absolute atomic E-state index is 9.52. The van der Waals surface area contributed by atoms with Crippen molar-refractivity contribution >= 4 is 0 Å². The molecule has 1 saturated heterocycles. The molecule has 0 radical (unpaired) electrons. The number of nitrogens with one attached hydrogen (secondary N) is 1. The molecule has 2 aliphatic carbocycles. The Kier molecular flexibility index (Phi) is 3.89. The topological polar surface area (TPSA) is 50.7 Å². The Hall–Kier alpha value is -0.160. The van der Waals surface area contributed by atoms with Gasteiger partial charge in [-0.15, -0.1) is 0 Å². The van der Waals surface area contributed by atoms with E-state index in [-0.39, 0.29) is 11.9 Å². The van der Waals surface area contributed by atoms with Gasteiger partial charge in [0.15, 0.2) is 5.79 Å². The Bertz CT molecular complexity index is 268. The molecule has 0 aromatic rings. The van der Waals surface area contributed by atoms with Crippen LogP contribution in [-0.2, 0) is 9.47 Å². The van der Waals surface area contributed by atoms with Crippen molar-refractivity contribution in [1.29, 1.82) is 0 Å². The van der Waals surface area contributed by atoms with Crippen molar-refractivity contribution in [3.05, 3.63) is 0 Å². The van der Waals surface area contributed by atoms with Gasteiger partial charge < -0.3 is 19.9 Å². The maximum Gasteiger partial charge on any atom is 0.168 e. The van der Waals surface area contributed by atoms with E-state index in [1.54, 1.807) is 0 Å². The first-order valence-electron chi connectivity index (χ1n) is 7.45. The quantitative estimate of drug-likeness (QED) is 0.801. The van der Waals surface area contributed by atoms with E-state index < -0.39 is 0 Å². The average molecular weight is 255 g/mol. The Morgan fingerprint density at radius 1 is 1.06 bits per heavy atom. The van der Waals surface area contributed by atoms with Crippen LogP contribution >= 0.6 is 0 Å². The lowest BCUT2D eigenvalue weighted by Crippen LogP contribution is -2.43. The number of hydrogen-bond acceptors (Lipinski definition) is 4. The molecule has 0 aromatic heterocycles. The van der Waals surface area contributed by atoms with Crippen molar-refractivity contribution < 1.29 is 14.6 Å². The SMILES string of the molecule is OC1CCC(CNC2CCC3(CC2)OCCO3)C1. The maximum atomic E-state index is 9.52. The van der Waals surface area contributed by atoms with Gasteiger partial charge in [-0.05, 0) is 44.6 Å². The predicted octanol–water partition coefficient (Wildman–Crippen LogP) is 1.42. The van der Waals surface area contributed by atoms with Gasteiger partial charge in [0.2, 0.25) is 0 Å². The Balaban J connectivity index is 1.38. The summed E-state index contributed by atoms with van der Waals surface area (Å²) in [6.45, 7) is 2.59. The fourth-order valence-corrected chi connectivity index (χ4v) is 3.61. The summed E-state index contributed by atoms with van der Waals surface area (Å²) in [7, 11) is 0. The smallest absolute Gasteiger partial charge is 0.168 e. The molecule has 2 saturated carbocycles. The highest BCUT2D eigenvalue weighted by molar-refractivity contribution is 4.86. The van der Waals surface area contributed by atoms with Crippen LogP contribution in [0.3, 0.4) is 0 Å². The first-order valence-corrected chi connectivity index (χ1v) is 7.45. The summed E-state index contributed by atoms with van der Waals surface area (Å²) in [6, 6.07) is 0.612. The lowest BCUT2D eigenvalue weighted by atomic mass is 9.89. The molecule has 4 heteroatoms. The van der Waals surface area contributed by atoms with Gasteiger partial charge in [0.1, 0.15) is 0 Å². The molecule has 4 nitrogen and oxygen atoms in total. The van der Waals surface area contributed by atoms with Gasteiger partial charge in [-0.2, -0.15) is 0 Å². The van der Waals surface area contributed by atoms with Crippen molar-refractivity contribution in [1.82, 2.24) is 5.32 Å². The molecule has 2 unspecified atom stereocenters. The monoisotopic (exact) mass is 255 g/mol. The molecule has 2 atom stereocenters. The van der Waals surface area contributed by atoms with E-state index >= 15 is 0 Å². The Morgan fingerprint density at radius 2 is 1.78 bits per heavy atom. The van der Waals surface area contributed by atoms with Crippen molar-refractivity contribution in [2.75, 3.05) is 19.8 Å². The molecular weight excluding hydrogens is 230 g/mol. The van der Waals surface area contributed by atoms with Crippen LogP contribution in [0.5, 0.6) is 0 Å². The summed E-state index contributed by atoms with van der Waals surface area (Å²) in [5.74, 6) is 0.441. The number of aliphatic hydroxyl groups is 1. The summed E-state index contributed by atoms with van der Waals surface area (Å²) in [6.07, 6.45) is 7.45. The predicted molar refractivity (Wildman–Crippen MR) is 68.2 cm³/mol. The number of rotatable bonds is 3. The van der Waals surface area contributed by atoms with Crippen LogP contribution in [0.25, 0.3) is 0 Å². The zero-order valence-electron chi connectivity index (χ0n) is 11.1. The fourth-order valence-electron chi connectivity index (χ4n) is 3.61. The summed E-state index contributed by atoms with van der Waals surface area (Å²) in [5.41, 5.74) is 0. The largest absolute Gasteiger partial charge is 0.393 e. The third kappa shape index (κ3) is 2.87. The second-order valence-corrected chi connectivity index (χ2v) is 6.12. The minimum Gasteiger partial charge on any atom is -0.393 e. The first-order chi connectivity index (χ1) is 8.76. The fraction of sp³-hybridized carbons (Fsp3) is 1.00. The molecule has 3 aliphatic rings. The van der Waals surface area contributed by atoms with Gasteiger partial charge in [0.05, 0.1) is 19.3 Å². The standard InChI is InChI=1S/C14H25NO3/c16-13-2-1-11(9-13)10-15-12-3-5-14(6-4-12)17-7-8-18-14/h11-13,15-16H,1-10H2. The molecule has 2 N–H and O–H groups in total. The lowest BCUT2D eigenvalue weighted by molar-refractivity contribution is -0.179. The highest BCUT2D eigenvalue weighted by Gasteiger charge is 2.40. The van der Waals surface area contributed by atoms with Gasteiger partial charge in [-0.25, -0.2) is 0 Å². The van der Waals surface area contributed by atoms with Crippen LogP contribution in [0.2, 0.25) is 0 Å². The van der Waals surface area contributed by atoms with Crippen LogP contribution in [0.15, 0.2) is 0 Å². The zero-order chi connectivity index (χ0) is 12.4. The van der Waals surface area contributed by atoms with Gasteiger partial charge in [0.25, 0.3) is 0 Å². The Morgan fingerprint density at radius 3 is 2.39 bits per heavy atom. The van der Waals surface area contributed by atoms with Gasteiger partial charge in [0, 0.05) is 18.9 Å². The molecule has 1 heterocycles. The summed E-state index contributed by atoms with van der Waals surface area (Å²) in [5, 5.41) is 13.2. The second-order valence-electron chi connectivity index (χ2n) is 6.12. The second kappa shape index (κ2) is 5.45. The van der Waals surface area contributed by atoms with Crippen molar-refractivity contribution in [3.8, 4) is 0 Å². The van der Waals surface area contributed by atoms with Gasteiger partial charge in [-0.3, -0.25) is 0 Å². The molecule has 0 aromatic carbocycles. The van der Waals surface area contributed by atoms with E-state index in [1.165, 1.54) is 6.42 Å². The summed E-state index contributed by atoms with van der Waals surface area (Å²) >= 11 is 0. The van der Waals surface area contributed by atoms with Crippen LogP contribution in [0.1, 0.15) is 44.9 Å². The van der Waals surface area contributed by atoms with Crippen LogP contribution in [-0.4, -0.2) is 42.8 Å². The molecule has 0 amide bonds. The molecule has 3 fully saturated rings. The minimum atomic E-state index is -0.234. The van der Waals surface area contributed by atoms with E-state index in [0.29, 0.717) is 12.0 Å². The van der Waals surface area contributed by atoms with Crippen LogP contribution in [0, 0.1) is 5.92 Å². The molecular formula is C14H25NO3. The normalized spacial score (nSPS) is 36.5. The number of ether oxygens (including phenoxy) is 2. The van der Waals surface area contributed by atoms with Crippen molar-refractivity contribution in [3.63, 3.8) is 0 Å². The zero-order valence-corrected chi connectivity index (χ0v) is 11.1. The van der Waals surface area contributed by atoms with Crippen LogP contribution < -0.4 is 5.32 Å². The van der Waals surface area contributed by atoms with Crippen LogP contribution in [0.4, 0.5) is 0 Å². The minimum absolute atomic E-state index is 0.0493. The van der Waals surface area contributed by atoms with E-state index in [1.807, 2.05) is 0 Å². The van der Waals surface area contributed by atoms with Gasteiger partial charge in [-0.1, -0.05) is 0 Å². The lowest BCUT2D eigenvalue weighted by Gasteiger charge is -2.36. The van der Waals surface area contributed by atoms with E-state index in [9.17, 15) is 5.11 Å². The summed E-state index contributed by atoms with van der Waals surface area (Å²) in [4.78, 5) is 0. The summed E-state index contributed by atoms with van der Waals surface area (Å²) < 4.78 is 11.5. The van der Waals surface area contributed by atoms with Crippen molar-refractivity contribution in [2.45, 2.75) is 62.9 Å². The molecule has 1 aliphatic heterocycles. The number of hydrogen-bond donors (Lipinski definition) is 2. The molecule has 3 rings (SSSR count). The average Bonchev–Trinajstić information content (AvgIpc) is 2.99. The third-order valence-corrected chi connectivity index (χ3v) is 4.77. The number of aliphatic hydroxyl groups excluding tert-OH is 1. The first kappa shape index (κ1) is 12.9. The van der Waals surface area contributed by atoms with E-state index in [2.05, 4.69) is 5.32 Å². The molecule has 104 valence electrons. The Labute approximate surface area is 109 Å². The third-order valence-electron chi connectivity index (χ3n) is 4.77.